The summed E-state index contributed by atoms with van der Waals surface area (Å²) in [6.45, 7) is 6.21. The number of aryl methyl sites for hydroxylation is 1. The van der Waals surface area contributed by atoms with E-state index in [2.05, 4.69) is 12.2 Å². The number of hydrogen-bond donors (Lipinski definition) is 1. The minimum Gasteiger partial charge on any atom is -0.369 e. The summed E-state index contributed by atoms with van der Waals surface area (Å²) in [6.07, 6.45) is 2.98. The molecule has 1 aromatic rings. The predicted molar refractivity (Wildman–Crippen MR) is 74.6 cm³/mol. The first-order chi connectivity index (χ1) is 9.11. The van der Waals surface area contributed by atoms with Crippen molar-refractivity contribution in [2.45, 2.75) is 39.2 Å². The second kappa shape index (κ2) is 6.33. The lowest BCUT2D eigenvalue weighted by molar-refractivity contribution is 0.437. The summed E-state index contributed by atoms with van der Waals surface area (Å²) in [7, 11) is 0. The monoisotopic (exact) mass is 268 g/mol. The van der Waals surface area contributed by atoms with Crippen LogP contribution >= 0.6 is 0 Å². The van der Waals surface area contributed by atoms with Gasteiger partial charge >= 0.3 is 0 Å². The molecular weight excluding hydrogens is 246 g/mol. The van der Waals surface area contributed by atoms with Crippen molar-refractivity contribution in [3.63, 3.8) is 0 Å². The molecule has 1 atom stereocenters. The molecular formula is C15H22F2N2. The lowest BCUT2D eigenvalue weighted by Crippen LogP contribution is -2.40. The van der Waals surface area contributed by atoms with Gasteiger partial charge in [0, 0.05) is 25.2 Å². The maximum absolute atomic E-state index is 14.0. The van der Waals surface area contributed by atoms with Gasteiger partial charge in [0.05, 0.1) is 5.69 Å². The fourth-order valence-corrected chi connectivity index (χ4v) is 2.57. The molecule has 1 heterocycles. The molecule has 1 aromatic carbocycles. The molecule has 0 aromatic heterocycles. The Labute approximate surface area is 113 Å². The standard InChI is InChI=1S/C15H22F2N2/c1-3-12-5-8-19(7-4-6-18-12)15-10-13(16)11(2)9-14(15)17/h9-10,12,18H,3-8H2,1-2H3. The van der Waals surface area contributed by atoms with Gasteiger partial charge in [0.2, 0.25) is 0 Å². The van der Waals surface area contributed by atoms with Crippen LogP contribution in [0, 0.1) is 18.6 Å². The van der Waals surface area contributed by atoms with E-state index < -0.39 is 0 Å². The van der Waals surface area contributed by atoms with Gasteiger partial charge in [-0.15, -0.1) is 0 Å². The SMILES string of the molecule is CCC1CCN(c2cc(F)c(C)cc2F)CCCN1. The highest BCUT2D eigenvalue weighted by Crippen LogP contribution is 2.24. The Kier molecular flexibility index (Phi) is 4.75. The number of nitrogens with zero attached hydrogens (tertiary/aromatic N) is 1. The van der Waals surface area contributed by atoms with Crippen molar-refractivity contribution in [2.24, 2.45) is 0 Å². The van der Waals surface area contributed by atoms with Crippen molar-refractivity contribution in [1.29, 1.82) is 0 Å². The molecule has 0 saturated carbocycles. The number of rotatable bonds is 2. The fourth-order valence-electron chi connectivity index (χ4n) is 2.57. The third-order valence-electron chi connectivity index (χ3n) is 3.85. The van der Waals surface area contributed by atoms with E-state index >= 15 is 0 Å². The van der Waals surface area contributed by atoms with Gasteiger partial charge in [-0.2, -0.15) is 0 Å². The molecule has 4 heteroatoms. The summed E-state index contributed by atoms with van der Waals surface area (Å²) >= 11 is 0. The number of nitrogens with one attached hydrogen (secondary N) is 1. The quantitative estimate of drug-likeness (QED) is 0.886. The van der Waals surface area contributed by atoms with Crippen LogP contribution < -0.4 is 10.2 Å². The van der Waals surface area contributed by atoms with Crippen LogP contribution in [0.4, 0.5) is 14.5 Å². The highest BCUT2D eigenvalue weighted by molar-refractivity contribution is 5.49. The van der Waals surface area contributed by atoms with Crippen molar-refractivity contribution in [1.82, 2.24) is 5.32 Å². The Hall–Kier alpha value is -1.16. The Bertz CT molecular complexity index is 434. The first kappa shape index (κ1) is 14.3. The summed E-state index contributed by atoms with van der Waals surface area (Å²) in [4.78, 5) is 1.97. The fraction of sp³-hybridized carbons (Fsp3) is 0.600. The van der Waals surface area contributed by atoms with Crippen LogP contribution in [0.1, 0.15) is 31.7 Å². The first-order valence-electron chi connectivity index (χ1n) is 7.05. The zero-order valence-electron chi connectivity index (χ0n) is 11.7. The third kappa shape index (κ3) is 3.44. The molecule has 2 rings (SSSR count). The van der Waals surface area contributed by atoms with E-state index in [4.69, 9.17) is 0 Å². The normalized spacial score (nSPS) is 21.1. The predicted octanol–water partition coefficient (Wildman–Crippen LogP) is 3.24. The van der Waals surface area contributed by atoms with Crippen molar-refractivity contribution < 1.29 is 8.78 Å². The number of benzene rings is 1. The molecule has 1 aliphatic heterocycles. The van der Waals surface area contributed by atoms with E-state index in [1.54, 1.807) is 6.92 Å². The van der Waals surface area contributed by atoms with Crippen LogP contribution in [-0.2, 0) is 0 Å². The molecule has 1 saturated heterocycles. The molecule has 106 valence electrons. The summed E-state index contributed by atoms with van der Waals surface area (Å²) in [6, 6.07) is 3.10. The van der Waals surface area contributed by atoms with E-state index in [9.17, 15) is 8.78 Å². The van der Waals surface area contributed by atoms with Crippen LogP contribution in [0.5, 0.6) is 0 Å². The van der Waals surface area contributed by atoms with Crippen molar-refractivity contribution in [3.8, 4) is 0 Å². The van der Waals surface area contributed by atoms with Gasteiger partial charge in [0.15, 0.2) is 0 Å². The van der Waals surface area contributed by atoms with E-state index in [0.717, 1.165) is 38.9 Å². The Morgan fingerprint density at radius 3 is 2.79 bits per heavy atom. The first-order valence-corrected chi connectivity index (χ1v) is 7.05. The van der Waals surface area contributed by atoms with Crippen LogP contribution in [0.3, 0.4) is 0 Å². The zero-order chi connectivity index (χ0) is 13.8. The average molecular weight is 268 g/mol. The van der Waals surface area contributed by atoms with E-state index in [-0.39, 0.29) is 11.6 Å². The Morgan fingerprint density at radius 1 is 1.26 bits per heavy atom. The summed E-state index contributed by atoms with van der Waals surface area (Å²) in [5.41, 5.74) is 0.765. The summed E-state index contributed by atoms with van der Waals surface area (Å²) < 4.78 is 27.6. The largest absolute Gasteiger partial charge is 0.369 e. The van der Waals surface area contributed by atoms with Crippen LogP contribution in [0.15, 0.2) is 12.1 Å². The van der Waals surface area contributed by atoms with Crippen LogP contribution in [0.25, 0.3) is 0 Å². The van der Waals surface area contributed by atoms with E-state index in [0.29, 0.717) is 17.3 Å². The maximum atomic E-state index is 14.0. The average Bonchev–Trinajstić information content (AvgIpc) is 2.35. The number of hydrogen-bond acceptors (Lipinski definition) is 2. The second-order valence-electron chi connectivity index (χ2n) is 5.24. The molecule has 0 bridgehead atoms. The minimum absolute atomic E-state index is 0.319. The van der Waals surface area contributed by atoms with Crippen LogP contribution in [0.2, 0.25) is 0 Å². The minimum atomic E-state index is -0.330. The van der Waals surface area contributed by atoms with E-state index in [1.807, 2.05) is 4.90 Å². The molecule has 1 unspecified atom stereocenters. The summed E-state index contributed by atoms with van der Waals surface area (Å²) in [5.74, 6) is -0.649. The van der Waals surface area contributed by atoms with Gasteiger partial charge in [-0.25, -0.2) is 8.78 Å². The lowest BCUT2D eigenvalue weighted by atomic mass is 10.1. The van der Waals surface area contributed by atoms with Crippen molar-refractivity contribution >= 4 is 5.69 Å². The molecule has 1 fully saturated rings. The molecule has 1 N–H and O–H groups in total. The van der Waals surface area contributed by atoms with Gasteiger partial charge in [-0.1, -0.05) is 6.92 Å². The van der Waals surface area contributed by atoms with Gasteiger partial charge in [0.1, 0.15) is 11.6 Å². The molecule has 0 radical (unpaired) electrons. The Balaban J connectivity index is 2.17. The molecule has 1 aliphatic rings. The molecule has 0 spiro atoms. The maximum Gasteiger partial charge on any atom is 0.146 e. The van der Waals surface area contributed by atoms with Crippen molar-refractivity contribution in [3.05, 3.63) is 29.3 Å². The van der Waals surface area contributed by atoms with Gasteiger partial charge in [0.25, 0.3) is 0 Å². The third-order valence-corrected chi connectivity index (χ3v) is 3.85. The topological polar surface area (TPSA) is 15.3 Å². The Morgan fingerprint density at radius 2 is 2.05 bits per heavy atom. The molecule has 19 heavy (non-hydrogen) atoms. The molecule has 2 nitrogen and oxygen atoms in total. The van der Waals surface area contributed by atoms with Crippen LogP contribution in [-0.4, -0.2) is 25.7 Å². The smallest absolute Gasteiger partial charge is 0.146 e. The zero-order valence-corrected chi connectivity index (χ0v) is 11.7. The van der Waals surface area contributed by atoms with Crippen molar-refractivity contribution in [2.75, 3.05) is 24.5 Å². The molecule has 0 aliphatic carbocycles. The number of anilines is 1. The van der Waals surface area contributed by atoms with Gasteiger partial charge < -0.3 is 10.2 Å². The highest BCUT2D eigenvalue weighted by atomic mass is 19.1. The highest BCUT2D eigenvalue weighted by Gasteiger charge is 2.18. The lowest BCUT2D eigenvalue weighted by Gasteiger charge is -2.30. The second-order valence-corrected chi connectivity index (χ2v) is 5.24. The van der Waals surface area contributed by atoms with Gasteiger partial charge in [-0.05, 0) is 44.4 Å². The van der Waals surface area contributed by atoms with Gasteiger partial charge in [-0.3, -0.25) is 0 Å². The van der Waals surface area contributed by atoms with E-state index in [1.165, 1.54) is 12.1 Å². The molecule has 0 amide bonds. The number of halogens is 2. The summed E-state index contributed by atoms with van der Waals surface area (Å²) in [5, 5.41) is 3.48.